The lowest BCUT2D eigenvalue weighted by molar-refractivity contribution is -0.135. The number of carbonyl (C=O) groups is 1. The van der Waals surface area contributed by atoms with Crippen molar-refractivity contribution in [3.63, 3.8) is 0 Å². The van der Waals surface area contributed by atoms with Gasteiger partial charge in [0.25, 0.3) is 0 Å². The molecule has 1 aliphatic carbocycles. The molecule has 1 heterocycles. The molecule has 1 amide bonds. The monoisotopic (exact) mass is 416 g/mol. The molecule has 0 unspecified atom stereocenters. The summed E-state index contributed by atoms with van der Waals surface area (Å²) in [5.74, 6) is -0.352. The van der Waals surface area contributed by atoms with Gasteiger partial charge in [-0.3, -0.25) is 9.69 Å². The highest BCUT2D eigenvalue weighted by Crippen LogP contribution is 2.49. The highest BCUT2D eigenvalue weighted by molar-refractivity contribution is 6.30. The van der Waals surface area contributed by atoms with Crippen molar-refractivity contribution < 1.29 is 14.3 Å². The third kappa shape index (κ3) is 4.47. The Morgan fingerprint density at radius 3 is 2.59 bits per heavy atom. The van der Waals surface area contributed by atoms with Gasteiger partial charge < -0.3 is 10.4 Å². The summed E-state index contributed by atoms with van der Waals surface area (Å²) in [5, 5.41) is 14.8. The molecule has 1 saturated carbocycles. The van der Waals surface area contributed by atoms with Crippen LogP contribution >= 0.6 is 11.6 Å². The molecule has 0 radical (unpaired) electrons. The fraction of sp³-hybridized carbons (Fsp3) is 0.435. The Morgan fingerprint density at radius 2 is 1.86 bits per heavy atom. The second kappa shape index (κ2) is 8.42. The number of halogens is 2. The molecule has 4 rings (SSSR count). The van der Waals surface area contributed by atoms with Gasteiger partial charge >= 0.3 is 0 Å². The van der Waals surface area contributed by atoms with E-state index in [1.54, 1.807) is 36.4 Å². The number of hydrogen-bond donors (Lipinski definition) is 2. The summed E-state index contributed by atoms with van der Waals surface area (Å²) in [6.45, 7) is 0.848. The number of amides is 1. The Balaban J connectivity index is 1.56. The summed E-state index contributed by atoms with van der Waals surface area (Å²) in [4.78, 5) is 14.9. The van der Waals surface area contributed by atoms with Crippen LogP contribution in [0.15, 0.2) is 48.5 Å². The standard InChI is InChI=1S/C23H26ClFN2O2/c24-17-6-10-19(11-7-17)26-21(28)15-27-14-13-23(29)12-2-1-3-20(23)22(27)16-4-8-18(25)9-5-16/h4-11,20,22,29H,1-3,12-15H2,(H,26,28)/t20-,22-,23-/m0/s1. The van der Waals surface area contributed by atoms with Gasteiger partial charge in [0, 0.05) is 29.2 Å². The van der Waals surface area contributed by atoms with Crippen LogP contribution in [-0.2, 0) is 4.79 Å². The molecule has 0 aromatic heterocycles. The van der Waals surface area contributed by atoms with E-state index in [-0.39, 0.29) is 30.2 Å². The van der Waals surface area contributed by atoms with Crippen LogP contribution in [0, 0.1) is 11.7 Å². The van der Waals surface area contributed by atoms with E-state index < -0.39 is 5.60 Å². The van der Waals surface area contributed by atoms with Crippen molar-refractivity contribution in [2.24, 2.45) is 5.92 Å². The molecule has 4 nitrogen and oxygen atoms in total. The quantitative estimate of drug-likeness (QED) is 0.753. The predicted octanol–water partition coefficient (Wildman–Crippen LogP) is 4.79. The van der Waals surface area contributed by atoms with Crippen LogP contribution in [0.5, 0.6) is 0 Å². The van der Waals surface area contributed by atoms with E-state index in [1.165, 1.54) is 12.1 Å². The number of likely N-dealkylation sites (tertiary alicyclic amines) is 1. The van der Waals surface area contributed by atoms with Crippen molar-refractivity contribution >= 4 is 23.2 Å². The minimum atomic E-state index is -0.708. The van der Waals surface area contributed by atoms with Crippen LogP contribution in [0.2, 0.25) is 5.02 Å². The molecule has 1 aliphatic heterocycles. The predicted molar refractivity (Wildman–Crippen MR) is 112 cm³/mol. The topological polar surface area (TPSA) is 52.6 Å². The van der Waals surface area contributed by atoms with Crippen LogP contribution in [0.4, 0.5) is 10.1 Å². The summed E-state index contributed by atoms with van der Waals surface area (Å²) < 4.78 is 13.5. The van der Waals surface area contributed by atoms with Gasteiger partial charge in [0.2, 0.25) is 5.91 Å². The molecule has 29 heavy (non-hydrogen) atoms. The van der Waals surface area contributed by atoms with Gasteiger partial charge in [-0.1, -0.05) is 36.6 Å². The molecule has 2 aromatic carbocycles. The number of carbonyl (C=O) groups excluding carboxylic acids is 1. The van der Waals surface area contributed by atoms with Crippen molar-refractivity contribution in [2.75, 3.05) is 18.4 Å². The molecule has 0 spiro atoms. The molecule has 6 heteroatoms. The van der Waals surface area contributed by atoms with Gasteiger partial charge in [0.1, 0.15) is 5.82 Å². The summed E-state index contributed by atoms with van der Waals surface area (Å²) in [5.41, 5.74) is 0.945. The third-order valence-corrected chi connectivity index (χ3v) is 6.61. The highest BCUT2D eigenvalue weighted by atomic mass is 35.5. The van der Waals surface area contributed by atoms with E-state index in [4.69, 9.17) is 11.6 Å². The second-order valence-corrected chi connectivity index (χ2v) is 8.66. The fourth-order valence-corrected chi connectivity index (χ4v) is 5.07. The Bertz CT molecular complexity index is 858. The molecule has 1 saturated heterocycles. The Morgan fingerprint density at radius 1 is 1.14 bits per heavy atom. The summed E-state index contributed by atoms with van der Waals surface area (Å²) in [6, 6.07) is 13.4. The zero-order chi connectivity index (χ0) is 20.4. The van der Waals surface area contributed by atoms with Gasteiger partial charge in [0.05, 0.1) is 12.1 Å². The maximum atomic E-state index is 13.5. The SMILES string of the molecule is O=C(CN1CC[C@@]2(O)CCCC[C@H]2[C@@H]1c1ccc(F)cc1)Nc1ccc(Cl)cc1. The van der Waals surface area contributed by atoms with E-state index in [1.807, 2.05) is 0 Å². The number of hydrogen-bond acceptors (Lipinski definition) is 3. The average Bonchev–Trinajstić information content (AvgIpc) is 2.70. The number of anilines is 1. The van der Waals surface area contributed by atoms with Gasteiger partial charge in [-0.25, -0.2) is 4.39 Å². The number of nitrogens with one attached hydrogen (secondary N) is 1. The Kier molecular flexibility index (Phi) is 5.91. The first kappa shape index (κ1) is 20.3. The number of nitrogens with zero attached hydrogens (tertiary/aromatic N) is 1. The van der Waals surface area contributed by atoms with E-state index in [0.717, 1.165) is 31.2 Å². The van der Waals surface area contributed by atoms with Gasteiger partial charge in [-0.2, -0.15) is 0 Å². The lowest BCUT2D eigenvalue weighted by atomic mass is 9.66. The first-order valence-electron chi connectivity index (χ1n) is 10.2. The first-order valence-corrected chi connectivity index (χ1v) is 10.6. The van der Waals surface area contributed by atoms with Gasteiger partial charge in [0.15, 0.2) is 0 Å². The van der Waals surface area contributed by atoms with Crippen LogP contribution in [0.25, 0.3) is 0 Å². The molecule has 2 aliphatic rings. The normalized spacial score (nSPS) is 27.3. The summed E-state index contributed by atoms with van der Waals surface area (Å²) >= 11 is 5.91. The number of benzene rings is 2. The van der Waals surface area contributed by atoms with Crippen molar-refractivity contribution in [1.82, 2.24) is 4.90 Å². The maximum Gasteiger partial charge on any atom is 0.238 e. The van der Waals surface area contributed by atoms with Crippen LogP contribution in [0.3, 0.4) is 0 Å². The van der Waals surface area contributed by atoms with Gasteiger partial charge in [-0.15, -0.1) is 0 Å². The lowest BCUT2D eigenvalue weighted by Crippen LogP contribution is -2.56. The highest BCUT2D eigenvalue weighted by Gasteiger charge is 2.49. The lowest BCUT2D eigenvalue weighted by Gasteiger charge is -2.52. The maximum absolute atomic E-state index is 13.5. The first-order chi connectivity index (χ1) is 13.9. The minimum Gasteiger partial charge on any atom is -0.389 e. The summed E-state index contributed by atoms with van der Waals surface area (Å²) in [6.07, 6.45) is 4.45. The zero-order valence-corrected chi connectivity index (χ0v) is 17.0. The molecule has 2 N–H and O–H groups in total. The molecule has 2 fully saturated rings. The van der Waals surface area contributed by atoms with Crippen molar-refractivity contribution in [3.8, 4) is 0 Å². The van der Waals surface area contributed by atoms with Crippen LogP contribution < -0.4 is 5.32 Å². The van der Waals surface area contributed by atoms with Crippen molar-refractivity contribution in [1.29, 1.82) is 0 Å². The van der Waals surface area contributed by atoms with Crippen LogP contribution in [0.1, 0.15) is 43.7 Å². The molecular weight excluding hydrogens is 391 g/mol. The fourth-order valence-electron chi connectivity index (χ4n) is 4.94. The van der Waals surface area contributed by atoms with Gasteiger partial charge in [-0.05, 0) is 61.2 Å². The Labute approximate surface area is 175 Å². The molecular formula is C23H26ClFN2O2. The molecule has 0 bridgehead atoms. The minimum absolute atomic E-state index is 0.0405. The average molecular weight is 417 g/mol. The molecule has 154 valence electrons. The number of piperidine rings is 1. The number of aliphatic hydroxyl groups is 1. The van der Waals surface area contributed by atoms with E-state index in [2.05, 4.69) is 10.2 Å². The smallest absolute Gasteiger partial charge is 0.238 e. The zero-order valence-electron chi connectivity index (χ0n) is 16.3. The number of fused-ring (bicyclic) bond motifs is 1. The van der Waals surface area contributed by atoms with Crippen molar-refractivity contribution in [3.05, 3.63) is 64.9 Å². The molecule has 3 atom stereocenters. The molecule has 2 aromatic rings. The van der Waals surface area contributed by atoms with E-state index in [9.17, 15) is 14.3 Å². The van der Waals surface area contributed by atoms with Crippen molar-refractivity contribution in [2.45, 2.75) is 43.7 Å². The second-order valence-electron chi connectivity index (χ2n) is 8.23. The van der Waals surface area contributed by atoms with E-state index in [0.29, 0.717) is 23.7 Å². The summed E-state index contributed by atoms with van der Waals surface area (Å²) in [7, 11) is 0. The largest absolute Gasteiger partial charge is 0.389 e. The Hall–Kier alpha value is -1.95. The third-order valence-electron chi connectivity index (χ3n) is 6.36. The van der Waals surface area contributed by atoms with Crippen LogP contribution in [-0.4, -0.2) is 34.6 Å². The van der Waals surface area contributed by atoms with E-state index >= 15 is 0 Å². The number of rotatable bonds is 4.